The Morgan fingerprint density at radius 1 is 1.16 bits per heavy atom. The average molecular weight is 340 g/mol. The molecule has 0 N–H and O–H groups in total. The van der Waals surface area contributed by atoms with Crippen LogP contribution >= 0.6 is 0 Å². The van der Waals surface area contributed by atoms with E-state index >= 15 is 0 Å². The molecule has 25 heavy (non-hydrogen) atoms. The van der Waals surface area contributed by atoms with Crippen molar-refractivity contribution in [3.8, 4) is 11.5 Å². The normalized spacial score (nSPS) is 15.0. The number of ether oxygens (including phenoxy) is 2. The van der Waals surface area contributed by atoms with Gasteiger partial charge in [-0.2, -0.15) is 0 Å². The highest BCUT2D eigenvalue weighted by molar-refractivity contribution is 5.77. The van der Waals surface area contributed by atoms with Crippen LogP contribution < -0.4 is 9.47 Å². The van der Waals surface area contributed by atoms with Gasteiger partial charge in [-0.1, -0.05) is 6.07 Å². The second kappa shape index (κ2) is 8.51. The first-order chi connectivity index (χ1) is 12.2. The summed E-state index contributed by atoms with van der Waals surface area (Å²) in [5, 5.41) is 0. The molecule has 132 valence electrons. The molecule has 1 aromatic carbocycles. The highest BCUT2D eigenvalue weighted by Gasteiger charge is 2.23. The van der Waals surface area contributed by atoms with Crippen molar-refractivity contribution in [2.24, 2.45) is 5.92 Å². The van der Waals surface area contributed by atoms with Gasteiger partial charge in [-0.3, -0.25) is 9.78 Å². The monoisotopic (exact) mass is 340 g/mol. The predicted molar refractivity (Wildman–Crippen MR) is 95.7 cm³/mol. The van der Waals surface area contributed by atoms with Crippen molar-refractivity contribution >= 4 is 5.91 Å². The van der Waals surface area contributed by atoms with Gasteiger partial charge in [0, 0.05) is 25.5 Å². The number of piperidine rings is 1. The first-order valence-electron chi connectivity index (χ1n) is 8.68. The van der Waals surface area contributed by atoms with Gasteiger partial charge in [0.25, 0.3) is 5.91 Å². The Bertz CT molecular complexity index is 665. The number of rotatable bonds is 6. The van der Waals surface area contributed by atoms with E-state index in [1.807, 2.05) is 41.4 Å². The van der Waals surface area contributed by atoms with Gasteiger partial charge in [-0.05, 0) is 61.1 Å². The number of carbonyl (C=O) groups excluding carboxylic acids is 1. The Balaban J connectivity index is 1.41. The topological polar surface area (TPSA) is 51.7 Å². The molecule has 2 aromatic rings. The van der Waals surface area contributed by atoms with Crippen LogP contribution in [0.15, 0.2) is 48.8 Å². The number of methoxy groups -OCH3 is 1. The Morgan fingerprint density at radius 3 is 2.52 bits per heavy atom. The van der Waals surface area contributed by atoms with E-state index in [4.69, 9.17) is 9.47 Å². The molecule has 1 amide bonds. The van der Waals surface area contributed by atoms with Crippen LogP contribution in [0.4, 0.5) is 0 Å². The maximum Gasteiger partial charge on any atom is 0.260 e. The molecule has 0 spiro atoms. The number of aromatic nitrogens is 1. The van der Waals surface area contributed by atoms with Gasteiger partial charge < -0.3 is 14.4 Å². The summed E-state index contributed by atoms with van der Waals surface area (Å²) in [5.74, 6) is 2.13. The van der Waals surface area contributed by atoms with E-state index in [1.165, 1.54) is 5.56 Å². The minimum atomic E-state index is 0.0515. The summed E-state index contributed by atoms with van der Waals surface area (Å²) >= 11 is 0. The molecule has 0 unspecified atom stereocenters. The Morgan fingerprint density at radius 2 is 1.88 bits per heavy atom. The maximum atomic E-state index is 12.3. The smallest absolute Gasteiger partial charge is 0.260 e. The quantitative estimate of drug-likeness (QED) is 0.811. The van der Waals surface area contributed by atoms with Crippen LogP contribution in [0.1, 0.15) is 18.4 Å². The van der Waals surface area contributed by atoms with Crippen molar-refractivity contribution in [3.05, 3.63) is 54.4 Å². The van der Waals surface area contributed by atoms with Gasteiger partial charge in [-0.25, -0.2) is 0 Å². The zero-order valence-electron chi connectivity index (χ0n) is 14.6. The van der Waals surface area contributed by atoms with Gasteiger partial charge in [0.2, 0.25) is 0 Å². The number of amides is 1. The number of hydrogen-bond acceptors (Lipinski definition) is 4. The van der Waals surface area contributed by atoms with Gasteiger partial charge in [0.1, 0.15) is 11.5 Å². The van der Waals surface area contributed by atoms with Crippen LogP contribution in [0.2, 0.25) is 0 Å². The van der Waals surface area contributed by atoms with E-state index in [1.54, 1.807) is 13.3 Å². The molecular formula is C20H24N2O3. The van der Waals surface area contributed by atoms with E-state index in [0.29, 0.717) is 11.7 Å². The van der Waals surface area contributed by atoms with E-state index in [2.05, 4.69) is 11.1 Å². The summed E-state index contributed by atoms with van der Waals surface area (Å²) in [6.07, 6.45) is 6.83. The molecule has 1 aliphatic rings. The van der Waals surface area contributed by atoms with Crippen LogP contribution in [0.5, 0.6) is 11.5 Å². The molecular weight excluding hydrogens is 316 g/mol. The molecule has 0 bridgehead atoms. The average Bonchev–Trinajstić information content (AvgIpc) is 2.68. The third-order valence-electron chi connectivity index (χ3n) is 4.64. The number of benzene rings is 1. The molecule has 2 heterocycles. The summed E-state index contributed by atoms with van der Waals surface area (Å²) < 4.78 is 10.7. The molecule has 5 heteroatoms. The van der Waals surface area contributed by atoms with E-state index in [0.717, 1.165) is 38.1 Å². The Hall–Kier alpha value is -2.56. The summed E-state index contributed by atoms with van der Waals surface area (Å²) in [7, 11) is 1.62. The molecule has 5 nitrogen and oxygen atoms in total. The Labute approximate surface area is 148 Å². The van der Waals surface area contributed by atoms with Crippen LogP contribution in [0, 0.1) is 5.92 Å². The standard InChI is InChI=1S/C20H24N2O3/c1-24-18-4-6-19(7-5-18)25-15-20(23)22-11-8-16(9-12-22)13-17-3-2-10-21-14-17/h2-7,10,14,16H,8-9,11-13,15H2,1H3. The number of carbonyl (C=O) groups is 1. The molecule has 0 saturated carbocycles. The molecule has 0 radical (unpaired) electrons. The van der Waals surface area contributed by atoms with E-state index < -0.39 is 0 Å². The maximum absolute atomic E-state index is 12.3. The lowest BCUT2D eigenvalue weighted by Crippen LogP contribution is -2.41. The second-order valence-electron chi connectivity index (χ2n) is 6.35. The van der Waals surface area contributed by atoms with Crippen molar-refractivity contribution in [2.45, 2.75) is 19.3 Å². The third-order valence-corrected chi connectivity index (χ3v) is 4.64. The fraction of sp³-hybridized carbons (Fsp3) is 0.400. The molecule has 0 atom stereocenters. The van der Waals surface area contributed by atoms with Crippen molar-refractivity contribution in [3.63, 3.8) is 0 Å². The number of likely N-dealkylation sites (tertiary alicyclic amines) is 1. The minimum Gasteiger partial charge on any atom is -0.497 e. The lowest BCUT2D eigenvalue weighted by Gasteiger charge is -2.32. The number of hydrogen-bond donors (Lipinski definition) is 0. The SMILES string of the molecule is COc1ccc(OCC(=O)N2CCC(Cc3cccnc3)CC2)cc1. The van der Waals surface area contributed by atoms with Crippen molar-refractivity contribution in [1.82, 2.24) is 9.88 Å². The molecule has 1 aliphatic heterocycles. The number of nitrogens with zero attached hydrogens (tertiary/aromatic N) is 2. The fourth-order valence-electron chi connectivity index (χ4n) is 3.15. The predicted octanol–water partition coefficient (Wildman–Crippen LogP) is 2.95. The zero-order valence-corrected chi connectivity index (χ0v) is 14.6. The summed E-state index contributed by atoms with van der Waals surface area (Å²) in [5.41, 5.74) is 1.27. The van der Waals surface area contributed by atoms with Gasteiger partial charge in [0.15, 0.2) is 6.61 Å². The first kappa shape index (κ1) is 17.3. The van der Waals surface area contributed by atoms with E-state index in [9.17, 15) is 4.79 Å². The molecule has 0 aliphatic carbocycles. The van der Waals surface area contributed by atoms with Crippen LogP contribution in [0.3, 0.4) is 0 Å². The van der Waals surface area contributed by atoms with Crippen molar-refractivity contribution in [2.75, 3.05) is 26.8 Å². The van der Waals surface area contributed by atoms with Crippen LogP contribution in [0.25, 0.3) is 0 Å². The summed E-state index contributed by atoms with van der Waals surface area (Å²) in [4.78, 5) is 18.4. The second-order valence-corrected chi connectivity index (χ2v) is 6.35. The van der Waals surface area contributed by atoms with Gasteiger partial charge >= 0.3 is 0 Å². The zero-order chi connectivity index (χ0) is 17.5. The van der Waals surface area contributed by atoms with Gasteiger partial charge in [0.05, 0.1) is 7.11 Å². The van der Waals surface area contributed by atoms with Crippen molar-refractivity contribution in [1.29, 1.82) is 0 Å². The lowest BCUT2D eigenvalue weighted by atomic mass is 9.91. The highest BCUT2D eigenvalue weighted by Crippen LogP contribution is 2.22. The summed E-state index contributed by atoms with van der Waals surface area (Å²) in [6.45, 7) is 1.69. The Kier molecular flexibility index (Phi) is 5.88. The van der Waals surface area contributed by atoms with Gasteiger partial charge in [-0.15, -0.1) is 0 Å². The minimum absolute atomic E-state index is 0.0515. The van der Waals surface area contributed by atoms with Crippen LogP contribution in [-0.2, 0) is 11.2 Å². The molecule has 1 saturated heterocycles. The molecule has 1 fully saturated rings. The summed E-state index contributed by atoms with van der Waals surface area (Å²) in [6, 6.07) is 11.4. The number of pyridine rings is 1. The van der Waals surface area contributed by atoms with E-state index in [-0.39, 0.29) is 12.5 Å². The fourth-order valence-corrected chi connectivity index (χ4v) is 3.15. The largest absolute Gasteiger partial charge is 0.497 e. The van der Waals surface area contributed by atoms with Crippen molar-refractivity contribution < 1.29 is 14.3 Å². The highest BCUT2D eigenvalue weighted by atomic mass is 16.5. The molecule has 1 aromatic heterocycles. The molecule has 3 rings (SSSR count). The first-order valence-corrected chi connectivity index (χ1v) is 8.68. The van der Waals surface area contributed by atoms with Crippen LogP contribution in [-0.4, -0.2) is 42.6 Å². The lowest BCUT2D eigenvalue weighted by molar-refractivity contribution is -0.134. The third kappa shape index (κ3) is 4.95.